The van der Waals surface area contributed by atoms with Crippen LogP contribution in [0.25, 0.3) is 0 Å². The Hall–Kier alpha value is -1.32. The van der Waals surface area contributed by atoms with Crippen LogP contribution < -0.4 is 0 Å². The molecule has 1 aromatic carbocycles. The van der Waals surface area contributed by atoms with Crippen LogP contribution in [-0.2, 0) is 6.42 Å². The Kier molecular flexibility index (Phi) is 7.28. The van der Waals surface area contributed by atoms with E-state index >= 15 is 0 Å². The van der Waals surface area contributed by atoms with Gasteiger partial charge in [-0.1, -0.05) is 52.8 Å². The van der Waals surface area contributed by atoms with Gasteiger partial charge in [-0.05, 0) is 104 Å². The topological polar surface area (TPSA) is 60.7 Å². The second kappa shape index (κ2) is 9.27. The van der Waals surface area contributed by atoms with Gasteiger partial charge in [0.25, 0.3) is 0 Å². The standard InChI is InChI=1S/C28H44O3/c1-18(2)19(3)7-8-21(5)24-11-12-25-27(24,6)15-14-26(30)28(25,31)16-13-22-17-23(29)10-9-20(22)4/h7-10,17-19,21,24-26,29-31H,11-16H2,1-6H3/b8-7+/t19-,21-,24-,25-,26-,27-,28-/m1/s1. The first-order valence-corrected chi connectivity index (χ1v) is 12.4. The van der Waals surface area contributed by atoms with Crippen LogP contribution in [0.15, 0.2) is 30.4 Å². The molecule has 0 amide bonds. The Morgan fingerprint density at radius 1 is 1.10 bits per heavy atom. The molecule has 0 unspecified atom stereocenters. The first-order chi connectivity index (χ1) is 14.5. The third-order valence-corrected chi connectivity index (χ3v) is 9.08. The summed E-state index contributed by atoms with van der Waals surface area (Å²) in [6.07, 6.45) is 9.06. The number of aryl methyl sites for hydroxylation is 2. The molecule has 0 saturated heterocycles. The van der Waals surface area contributed by atoms with Gasteiger partial charge in [0.15, 0.2) is 0 Å². The van der Waals surface area contributed by atoms with Crippen molar-refractivity contribution in [3.8, 4) is 5.75 Å². The molecule has 3 heteroatoms. The fourth-order valence-corrected chi connectivity index (χ4v) is 6.55. The van der Waals surface area contributed by atoms with E-state index in [1.807, 2.05) is 13.0 Å². The molecule has 2 aliphatic rings. The number of hydrogen-bond acceptors (Lipinski definition) is 3. The van der Waals surface area contributed by atoms with Gasteiger partial charge in [-0.3, -0.25) is 0 Å². The van der Waals surface area contributed by atoms with Crippen molar-refractivity contribution in [1.82, 2.24) is 0 Å². The molecule has 31 heavy (non-hydrogen) atoms. The Labute approximate surface area is 189 Å². The molecule has 3 nitrogen and oxygen atoms in total. The number of aromatic hydroxyl groups is 1. The summed E-state index contributed by atoms with van der Waals surface area (Å²) in [5, 5.41) is 32.7. The van der Waals surface area contributed by atoms with Gasteiger partial charge < -0.3 is 15.3 Å². The number of phenols is 1. The van der Waals surface area contributed by atoms with Gasteiger partial charge >= 0.3 is 0 Å². The van der Waals surface area contributed by atoms with Gasteiger partial charge in [0.2, 0.25) is 0 Å². The maximum atomic E-state index is 11.9. The minimum absolute atomic E-state index is 0.0483. The first kappa shape index (κ1) is 24.3. The lowest BCUT2D eigenvalue weighted by Crippen LogP contribution is -2.58. The number of rotatable bonds is 7. The summed E-state index contributed by atoms with van der Waals surface area (Å²) < 4.78 is 0. The van der Waals surface area contributed by atoms with Crippen molar-refractivity contribution >= 4 is 0 Å². The summed E-state index contributed by atoms with van der Waals surface area (Å²) in [5.41, 5.74) is 1.17. The predicted octanol–water partition coefficient (Wildman–Crippen LogP) is 6.04. The van der Waals surface area contributed by atoms with Crippen molar-refractivity contribution in [2.45, 2.75) is 91.8 Å². The second-order valence-corrected chi connectivity index (χ2v) is 11.2. The number of benzene rings is 1. The Balaban J connectivity index is 1.79. The molecule has 0 aliphatic heterocycles. The highest BCUT2D eigenvalue weighted by molar-refractivity contribution is 5.34. The first-order valence-electron chi connectivity index (χ1n) is 12.4. The van der Waals surface area contributed by atoms with Crippen molar-refractivity contribution < 1.29 is 15.3 Å². The van der Waals surface area contributed by atoms with Crippen LogP contribution in [0.2, 0.25) is 0 Å². The third kappa shape index (κ3) is 4.73. The van der Waals surface area contributed by atoms with E-state index in [2.05, 4.69) is 46.8 Å². The molecule has 0 radical (unpaired) electrons. The molecule has 0 bridgehead atoms. The molecule has 2 fully saturated rings. The quantitative estimate of drug-likeness (QED) is 0.464. The number of hydrogen-bond donors (Lipinski definition) is 3. The molecule has 0 heterocycles. The number of phenolic OH excluding ortho intramolecular Hbond substituents is 1. The van der Waals surface area contributed by atoms with Gasteiger partial charge in [0.1, 0.15) is 5.75 Å². The van der Waals surface area contributed by atoms with Crippen molar-refractivity contribution in [1.29, 1.82) is 0 Å². The van der Waals surface area contributed by atoms with E-state index in [9.17, 15) is 15.3 Å². The summed E-state index contributed by atoms with van der Waals surface area (Å²) in [6, 6.07) is 5.43. The predicted molar refractivity (Wildman–Crippen MR) is 128 cm³/mol. The molecule has 1 aromatic rings. The van der Waals surface area contributed by atoms with E-state index in [4.69, 9.17) is 0 Å². The van der Waals surface area contributed by atoms with Gasteiger partial charge in [0, 0.05) is 0 Å². The van der Waals surface area contributed by atoms with Gasteiger partial charge in [0.05, 0.1) is 11.7 Å². The fourth-order valence-electron chi connectivity index (χ4n) is 6.55. The van der Waals surface area contributed by atoms with E-state index in [-0.39, 0.29) is 17.1 Å². The molecule has 3 rings (SSSR count). The number of allylic oxidation sites excluding steroid dienone is 2. The van der Waals surface area contributed by atoms with Crippen LogP contribution in [0.4, 0.5) is 0 Å². The van der Waals surface area contributed by atoms with Crippen LogP contribution in [0.5, 0.6) is 5.75 Å². The molecule has 7 atom stereocenters. The highest BCUT2D eigenvalue weighted by Crippen LogP contribution is 2.61. The smallest absolute Gasteiger partial charge is 0.115 e. The number of aliphatic hydroxyl groups excluding tert-OH is 1. The third-order valence-electron chi connectivity index (χ3n) is 9.08. The minimum atomic E-state index is -1.06. The fraction of sp³-hybridized carbons (Fsp3) is 0.714. The van der Waals surface area contributed by atoms with E-state index in [0.717, 1.165) is 30.4 Å². The number of aliphatic hydroxyl groups is 2. The molecule has 0 spiro atoms. The van der Waals surface area contributed by atoms with Gasteiger partial charge in [-0.2, -0.15) is 0 Å². The monoisotopic (exact) mass is 428 g/mol. The van der Waals surface area contributed by atoms with Crippen LogP contribution >= 0.6 is 0 Å². The second-order valence-electron chi connectivity index (χ2n) is 11.2. The lowest BCUT2D eigenvalue weighted by atomic mass is 9.56. The van der Waals surface area contributed by atoms with Crippen LogP contribution in [-0.4, -0.2) is 27.0 Å². The van der Waals surface area contributed by atoms with Crippen molar-refractivity contribution in [2.24, 2.45) is 35.0 Å². The SMILES string of the molecule is Cc1ccc(O)cc1CC[C@]1(O)[C@H](O)CC[C@]2(C)[C@@H]([C@H](C)/C=C/[C@@H](C)C(C)C)CC[C@H]21. The van der Waals surface area contributed by atoms with Crippen molar-refractivity contribution in [3.63, 3.8) is 0 Å². The zero-order chi connectivity index (χ0) is 23.0. The lowest BCUT2D eigenvalue weighted by Gasteiger charge is -2.53. The molecule has 2 saturated carbocycles. The zero-order valence-corrected chi connectivity index (χ0v) is 20.4. The van der Waals surface area contributed by atoms with Gasteiger partial charge in [-0.15, -0.1) is 0 Å². The summed E-state index contributed by atoms with van der Waals surface area (Å²) >= 11 is 0. The van der Waals surface area contributed by atoms with Crippen LogP contribution in [0.3, 0.4) is 0 Å². The Morgan fingerprint density at radius 3 is 2.48 bits per heavy atom. The normalized spacial score (nSPS) is 35.5. The average Bonchev–Trinajstić information content (AvgIpc) is 3.08. The largest absolute Gasteiger partial charge is 0.508 e. The Morgan fingerprint density at radius 2 is 1.81 bits per heavy atom. The number of fused-ring (bicyclic) bond motifs is 1. The molecule has 2 aliphatic carbocycles. The van der Waals surface area contributed by atoms with E-state index in [1.165, 1.54) is 0 Å². The molecular weight excluding hydrogens is 384 g/mol. The maximum Gasteiger partial charge on any atom is 0.115 e. The maximum absolute atomic E-state index is 11.9. The van der Waals surface area contributed by atoms with E-state index in [1.54, 1.807) is 12.1 Å². The van der Waals surface area contributed by atoms with Crippen LogP contribution in [0, 0.1) is 41.9 Å². The summed E-state index contributed by atoms with van der Waals surface area (Å²) in [7, 11) is 0. The molecular formula is C28H44O3. The Bertz CT molecular complexity index is 784. The van der Waals surface area contributed by atoms with Crippen molar-refractivity contribution in [3.05, 3.63) is 41.5 Å². The van der Waals surface area contributed by atoms with Crippen LogP contribution in [0.1, 0.15) is 77.8 Å². The summed E-state index contributed by atoms with van der Waals surface area (Å²) in [4.78, 5) is 0. The molecule has 3 N–H and O–H groups in total. The van der Waals surface area contributed by atoms with E-state index < -0.39 is 11.7 Å². The summed E-state index contributed by atoms with van der Waals surface area (Å²) in [5.74, 6) is 2.61. The minimum Gasteiger partial charge on any atom is -0.508 e. The molecule has 0 aromatic heterocycles. The van der Waals surface area contributed by atoms with Crippen molar-refractivity contribution in [2.75, 3.05) is 0 Å². The summed E-state index contributed by atoms with van der Waals surface area (Å²) in [6.45, 7) is 13.6. The lowest BCUT2D eigenvalue weighted by molar-refractivity contribution is -0.180. The molecule has 174 valence electrons. The highest BCUT2D eigenvalue weighted by atomic mass is 16.3. The average molecular weight is 429 g/mol. The van der Waals surface area contributed by atoms with Gasteiger partial charge in [-0.25, -0.2) is 0 Å². The van der Waals surface area contributed by atoms with E-state index in [0.29, 0.717) is 42.9 Å². The zero-order valence-electron chi connectivity index (χ0n) is 20.4. The highest BCUT2D eigenvalue weighted by Gasteiger charge is 2.60.